The van der Waals surface area contributed by atoms with E-state index in [1.54, 1.807) is 0 Å². The van der Waals surface area contributed by atoms with Crippen molar-refractivity contribution in [2.75, 3.05) is 0 Å². The van der Waals surface area contributed by atoms with E-state index in [9.17, 15) is 0 Å². The van der Waals surface area contributed by atoms with Crippen LogP contribution in [0.25, 0.3) is 16.7 Å². The maximum atomic E-state index is 5.00. The summed E-state index contributed by atoms with van der Waals surface area (Å²) in [4.78, 5) is 5.00. The molecule has 0 fully saturated rings. The van der Waals surface area contributed by atoms with Crippen LogP contribution >= 0.6 is 0 Å². The first kappa shape index (κ1) is 13.3. The van der Waals surface area contributed by atoms with Gasteiger partial charge in [0, 0.05) is 11.6 Å². The van der Waals surface area contributed by atoms with Crippen LogP contribution in [0.4, 0.5) is 0 Å². The van der Waals surface area contributed by atoms with Crippen LogP contribution in [0.3, 0.4) is 0 Å². The Kier molecular flexibility index (Phi) is 3.30. The Morgan fingerprint density at radius 2 is 1.86 bits per heavy atom. The molecule has 110 valence electrons. The van der Waals surface area contributed by atoms with Crippen LogP contribution in [0.5, 0.6) is 0 Å². The van der Waals surface area contributed by atoms with Crippen molar-refractivity contribution in [2.24, 2.45) is 0 Å². The van der Waals surface area contributed by atoms with Gasteiger partial charge in [0.25, 0.3) is 0 Å². The zero-order chi connectivity index (χ0) is 14.9. The third-order valence-electron chi connectivity index (χ3n) is 4.55. The molecule has 0 N–H and O–H groups in total. The Balaban J connectivity index is 1.99. The average molecular weight is 288 g/mol. The molecule has 4 rings (SSSR count). The maximum absolute atomic E-state index is 5.00. The molecule has 2 heteroatoms. The highest BCUT2D eigenvalue weighted by molar-refractivity contribution is 5.81. The normalized spacial score (nSPS) is 18.0. The van der Waals surface area contributed by atoms with Crippen molar-refractivity contribution in [1.82, 2.24) is 9.55 Å². The predicted octanol–water partition coefficient (Wildman–Crippen LogP) is 5.16. The van der Waals surface area contributed by atoms with Crippen molar-refractivity contribution in [3.63, 3.8) is 0 Å². The van der Waals surface area contributed by atoms with E-state index < -0.39 is 0 Å². The van der Waals surface area contributed by atoms with E-state index in [1.807, 2.05) is 0 Å². The molecule has 1 aliphatic carbocycles. The summed E-state index contributed by atoms with van der Waals surface area (Å²) in [6.07, 6.45) is 8.02. The van der Waals surface area contributed by atoms with E-state index in [2.05, 4.69) is 72.2 Å². The van der Waals surface area contributed by atoms with E-state index in [4.69, 9.17) is 4.98 Å². The Labute approximate surface area is 131 Å². The highest BCUT2D eigenvalue weighted by Gasteiger charge is 2.22. The molecule has 1 heterocycles. The number of para-hydroxylation sites is 2. The second-order valence-corrected chi connectivity index (χ2v) is 6.06. The standard InChI is InChI=1S/C20H20N2/c1-15-9-8-14-18-19(15)22(17-12-6-3-7-13-17)20(21-18)16-10-4-2-5-11-16/h2-4,6-9,12-14,16H,5,10-11H2,1H3. The van der Waals surface area contributed by atoms with Gasteiger partial charge in [0.2, 0.25) is 0 Å². The fourth-order valence-electron chi connectivity index (χ4n) is 3.45. The third-order valence-corrected chi connectivity index (χ3v) is 4.55. The van der Waals surface area contributed by atoms with Gasteiger partial charge in [-0.2, -0.15) is 0 Å². The number of imidazole rings is 1. The summed E-state index contributed by atoms with van der Waals surface area (Å²) in [6, 6.07) is 17.0. The quantitative estimate of drug-likeness (QED) is 0.596. The van der Waals surface area contributed by atoms with Gasteiger partial charge in [-0.1, -0.05) is 42.5 Å². The van der Waals surface area contributed by atoms with Crippen molar-refractivity contribution in [3.05, 3.63) is 72.1 Å². The zero-order valence-corrected chi connectivity index (χ0v) is 12.9. The molecule has 0 spiro atoms. The molecule has 1 aliphatic rings. The summed E-state index contributed by atoms with van der Waals surface area (Å²) in [7, 11) is 0. The first-order valence-electron chi connectivity index (χ1n) is 8.03. The van der Waals surface area contributed by atoms with Crippen molar-refractivity contribution < 1.29 is 0 Å². The van der Waals surface area contributed by atoms with E-state index >= 15 is 0 Å². The van der Waals surface area contributed by atoms with Crippen molar-refractivity contribution in [1.29, 1.82) is 0 Å². The molecule has 1 unspecified atom stereocenters. The smallest absolute Gasteiger partial charge is 0.117 e. The number of allylic oxidation sites excluding steroid dienone is 2. The van der Waals surface area contributed by atoms with E-state index in [-0.39, 0.29) is 0 Å². The van der Waals surface area contributed by atoms with Crippen LogP contribution in [0.15, 0.2) is 60.7 Å². The number of benzene rings is 2. The lowest BCUT2D eigenvalue weighted by molar-refractivity contribution is 0.577. The number of hydrogen-bond acceptors (Lipinski definition) is 1. The maximum Gasteiger partial charge on any atom is 0.117 e. The summed E-state index contributed by atoms with van der Waals surface area (Å²) in [5.74, 6) is 1.72. The van der Waals surface area contributed by atoms with Gasteiger partial charge in [0.1, 0.15) is 5.82 Å². The molecule has 2 aromatic carbocycles. The van der Waals surface area contributed by atoms with Crippen LogP contribution < -0.4 is 0 Å². The molecule has 0 radical (unpaired) electrons. The van der Waals surface area contributed by atoms with Gasteiger partial charge in [-0.15, -0.1) is 0 Å². The van der Waals surface area contributed by atoms with Gasteiger partial charge in [0.15, 0.2) is 0 Å². The summed E-state index contributed by atoms with van der Waals surface area (Å²) >= 11 is 0. The monoisotopic (exact) mass is 288 g/mol. The molecule has 22 heavy (non-hydrogen) atoms. The molecule has 0 aliphatic heterocycles. The van der Waals surface area contributed by atoms with Gasteiger partial charge >= 0.3 is 0 Å². The average Bonchev–Trinajstić information content (AvgIpc) is 2.97. The second-order valence-electron chi connectivity index (χ2n) is 6.06. The minimum absolute atomic E-state index is 0.511. The fraction of sp³-hybridized carbons (Fsp3) is 0.250. The predicted molar refractivity (Wildman–Crippen MR) is 91.5 cm³/mol. The van der Waals surface area contributed by atoms with Crippen molar-refractivity contribution in [2.45, 2.75) is 32.1 Å². The molecule has 2 nitrogen and oxygen atoms in total. The van der Waals surface area contributed by atoms with E-state index in [0.29, 0.717) is 5.92 Å². The van der Waals surface area contributed by atoms with Crippen LogP contribution in [-0.4, -0.2) is 9.55 Å². The molecule has 0 saturated carbocycles. The van der Waals surface area contributed by atoms with E-state index in [1.165, 1.54) is 29.0 Å². The minimum Gasteiger partial charge on any atom is -0.296 e. The molecular formula is C20H20N2. The first-order chi connectivity index (χ1) is 10.8. The number of rotatable bonds is 2. The summed E-state index contributed by atoms with van der Waals surface area (Å²) < 4.78 is 2.37. The molecule has 3 aromatic rings. The fourth-order valence-corrected chi connectivity index (χ4v) is 3.45. The Bertz CT molecular complexity index is 828. The highest BCUT2D eigenvalue weighted by Crippen LogP contribution is 2.34. The van der Waals surface area contributed by atoms with Gasteiger partial charge in [-0.05, 0) is 49.9 Å². The van der Waals surface area contributed by atoms with Gasteiger partial charge in [0.05, 0.1) is 11.0 Å². The van der Waals surface area contributed by atoms with Gasteiger partial charge < -0.3 is 0 Å². The first-order valence-corrected chi connectivity index (χ1v) is 8.03. The zero-order valence-electron chi connectivity index (χ0n) is 12.9. The van der Waals surface area contributed by atoms with Crippen LogP contribution in [-0.2, 0) is 0 Å². The lowest BCUT2D eigenvalue weighted by atomic mass is 9.93. The minimum atomic E-state index is 0.511. The van der Waals surface area contributed by atoms with Crippen molar-refractivity contribution in [3.8, 4) is 5.69 Å². The molecular weight excluding hydrogens is 268 g/mol. The topological polar surface area (TPSA) is 17.8 Å². The largest absolute Gasteiger partial charge is 0.296 e. The summed E-state index contributed by atoms with van der Waals surface area (Å²) in [5.41, 5.74) is 4.85. The SMILES string of the molecule is Cc1cccc2nc(C3CC=CCC3)n(-c3ccccc3)c12. The number of hydrogen-bond donors (Lipinski definition) is 0. The Morgan fingerprint density at radius 3 is 2.64 bits per heavy atom. The lowest BCUT2D eigenvalue weighted by Crippen LogP contribution is -2.09. The Morgan fingerprint density at radius 1 is 1.00 bits per heavy atom. The number of aromatic nitrogens is 2. The van der Waals surface area contributed by atoms with Gasteiger partial charge in [-0.25, -0.2) is 4.98 Å². The molecule has 1 aromatic heterocycles. The van der Waals surface area contributed by atoms with Gasteiger partial charge in [-0.3, -0.25) is 4.57 Å². The summed E-state index contributed by atoms with van der Waals surface area (Å²) in [6.45, 7) is 2.17. The van der Waals surface area contributed by atoms with Crippen LogP contribution in [0.2, 0.25) is 0 Å². The molecule has 1 atom stereocenters. The molecule has 0 saturated heterocycles. The van der Waals surface area contributed by atoms with Crippen LogP contribution in [0.1, 0.15) is 36.6 Å². The number of fused-ring (bicyclic) bond motifs is 1. The van der Waals surface area contributed by atoms with Crippen LogP contribution in [0, 0.1) is 6.92 Å². The lowest BCUT2D eigenvalue weighted by Gasteiger charge is -2.19. The van der Waals surface area contributed by atoms with E-state index in [0.717, 1.165) is 18.4 Å². The van der Waals surface area contributed by atoms with Crippen molar-refractivity contribution >= 4 is 11.0 Å². The third kappa shape index (κ3) is 2.16. The number of nitrogens with zero attached hydrogens (tertiary/aromatic N) is 2. The molecule has 0 amide bonds. The number of aryl methyl sites for hydroxylation is 1. The highest BCUT2D eigenvalue weighted by atomic mass is 15.1. The second kappa shape index (κ2) is 5.45. The Hall–Kier alpha value is -2.35. The summed E-state index contributed by atoms with van der Waals surface area (Å²) in [5, 5.41) is 0. The molecule has 0 bridgehead atoms.